The highest BCUT2D eigenvalue weighted by Crippen LogP contribution is 2.30. The summed E-state index contributed by atoms with van der Waals surface area (Å²) in [5, 5.41) is 11.3. The number of hydrogen-bond acceptors (Lipinski definition) is 7. The van der Waals surface area contributed by atoms with Crippen molar-refractivity contribution in [1.29, 1.82) is 0 Å². The van der Waals surface area contributed by atoms with Crippen LogP contribution in [-0.4, -0.2) is 41.0 Å². The lowest BCUT2D eigenvalue weighted by molar-refractivity contribution is 0.100. The highest BCUT2D eigenvalue weighted by atomic mass is 16.1. The number of imidazole rings is 1. The number of carbonyl (C=O) groups is 1. The lowest BCUT2D eigenvalue weighted by Gasteiger charge is -2.13. The van der Waals surface area contributed by atoms with E-state index < -0.39 is 5.91 Å². The number of nitrogens with two attached hydrogens (primary N) is 1. The van der Waals surface area contributed by atoms with Crippen LogP contribution in [0.3, 0.4) is 0 Å². The van der Waals surface area contributed by atoms with Crippen LogP contribution < -0.4 is 11.1 Å². The van der Waals surface area contributed by atoms with Gasteiger partial charge >= 0.3 is 0 Å². The number of hydrogen-bond donors (Lipinski definition) is 4. The average molecular weight is 439 g/mol. The molecule has 5 rings (SSSR count). The third-order valence-electron chi connectivity index (χ3n) is 5.38. The van der Waals surface area contributed by atoms with Gasteiger partial charge in [-0.3, -0.25) is 19.9 Å². The third-order valence-corrected chi connectivity index (χ3v) is 5.38. The number of fused-ring (bicyclic) bond motifs is 2. The maximum atomic E-state index is 11.7. The number of allylic oxidation sites excluding steroid dienone is 1. The van der Waals surface area contributed by atoms with Crippen molar-refractivity contribution in [3.05, 3.63) is 61.0 Å². The Morgan fingerprint density at radius 2 is 1.88 bits per heavy atom. The SMILES string of the molecule is C=C(Nc1cncc(-c2cnc3n[nH]c(-c4nc5c(C(N)=O)cncc5[nH]4)c3c2)c1)C(C)C. The fourth-order valence-corrected chi connectivity index (χ4v) is 3.47. The van der Waals surface area contributed by atoms with Crippen molar-refractivity contribution >= 4 is 33.7 Å². The first-order chi connectivity index (χ1) is 15.9. The molecular weight excluding hydrogens is 418 g/mol. The Hall–Kier alpha value is -4.60. The first-order valence-electron chi connectivity index (χ1n) is 10.3. The first kappa shape index (κ1) is 20.3. The maximum absolute atomic E-state index is 11.7. The predicted octanol–water partition coefficient (Wildman–Crippen LogP) is 3.64. The molecule has 10 heteroatoms. The average Bonchev–Trinajstić information content (AvgIpc) is 3.42. The molecule has 0 aromatic carbocycles. The zero-order valence-corrected chi connectivity index (χ0v) is 18.0. The molecule has 0 aliphatic heterocycles. The second kappa shape index (κ2) is 7.83. The Bertz CT molecular complexity index is 1530. The quantitative estimate of drug-likeness (QED) is 0.315. The number of H-pyrrole nitrogens is 2. The van der Waals surface area contributed by atoms with E-state index in [1.54, 1.807) is 24.8 Å². The number of carbonyl (C=O) groups excluding carboxylic acids is 1. The van der Waals surface area contributed by atoms with Gasteiger partial charge in [-0.2, -0.15) is 5.10 Å². The van der Waals surface area contributed by atoms with Crippen LogP contribution in [0.25, 0.3) is 44.7 Å². The van der Waals surface area contributed by atoms with Crippen LogP contribution in [0.4, 0.5) is 5.69 Å². The molecule has 1 amide bonds. The van der Waals surface area contributed by atoms with Crippen LogP contribution in [0.15, 0.2) is 55.4 Å². The Morgan fingerprint density at radius 1 is 1.09 bits per heavy atom. The molecular formula is C23H21N9O. The topological polar surface area (TPSA) is 151 Å². The van der Waals surface area contributed by atoms with E-state index in [1.165, 1.54) is 6.20 Å². The summed E-state index contributed by atoms with van der Waals surface area (Å²) < 4.78 is 0. The van der Waals surface area contributed by atoms with Crippen molar-refractivity contribution in [2.45, 2.75) is 13.8 Å². The number of aromatic nitrogens is 7. The van der Waals surface area contributed by atoms with Crippen molar-refractivity contribution in [3.8, 4) is 22.6 Å². The summed E-state index contributed by atoms with van der Waals surface area (Å²) in [5.41, 5.74) is 11.5. The van der Waals surface area contributed by atoms with Crippen molar-refractivity contribution in [2.75, 3.05) is 5.32 Å². The van der Waals surface area contributed by atoms with E-state index in [-0.39, 0.29) is 5.56 Å². The molecule has 0 saturated carbocycles. The highest BCUT2D eigenvalue weighted by Gasteiger charge is 2.17. The highest BCUT2D eigenvalue weighted by molar-refractivity contribution is 6.04. The van der Waals surface area contributed by atoms with Crippen LogP contribution in [0.2, 0.25) is 0 Å². The molecule has 164 valence electrons. The molecule has 0 saturated heterocycles. The van der Waals surface area contributed by atoms with Gasteiger partial charge in [-0.25, -0.2) is 9.97 Å². The molecule has 10 nitrogen and oxygen atoms in total. The summed E-state index contributed by atoms with van der Waals surface area (Å²) >= 11 is 0. The zero-order chi connectivity index (χ0) is 23.1. The van der Waals surface area contributed by atoms with Gasteiger partial charge in [0.05, 0.1) is 34.5 Å². The Labute approximate surface area is 188 Å². The largest absolute Gasteiger partial charge is 0.365 e. The van der Waals surface area contributed by atoms with E-state index in [9.17, 15) is 4.79 Å². The zero-order valence-electron chi connectivity index (χ0n) is 18.0. The fraction of sp³-hybridized carbons (Fsp3) is 0.130. The van der Waals surface area contributed by atoms with Crippen LogP contribution >= 0.6 is 0 Å². The summed E-state index contributed by atoms with van der Waals surface area (Å²) in [4.78, 5) is 32.4. The molecule has 5 aromatic heterocycles. The number of nitrogens with one attached hydrogen (secondary N) is 3. The number of primary amides is 1. The van der Waals surface area contributed by atoms with Gasteiger partial charge < -0.3 is 16.0 Å². The minimum Gasteiger partial charge on any atom is -0.365 e. The standard InChI is InChI=1S/C23H21N9O/c1-11(2)12(3)28-15-4-13(6-25-8-15)14-5-16-20(31-32-22(16)27-7-14)23-29-18-10-26-9-17(21(24)33)19(18)30-23/h4-11,28H,3H2,1-2H3,(H2,24,33)(H,29,30)(H,27,31,32). The van der Waals surface area contributed by atoms with Gasteiger partial charge in [0.1, 0.15) is 11.2 Å². The first-order valence-corrected chi connectivity index (χ1v) is 10.3. The molecule has 0 atom stereocenters. The van der Waals surface area contributed by atoms with E-state index >= 15 is 0 Å². The predicted molar refractivity (Wildman–Crippen MR) is 126 cm³/mol. The van der Waals surface area contributed by atoms with Crippen LogP contribution in [0.5, 0.6) is 0 Å². The smallest absolute Gasteiger partial charge is 0.252 e. The summed E-state index contributed by atoms with van der Waals surface area (Å²) in [6.45, 7) is 8.21. The van der Waals surface area contributed by atoms with Crippen molar-refractivity contribution in [2.24, 2.45) is 11.7 Å². The van der Waals surface area contributed by atoms with Gasteiger partial charge in [0.25, 0.3) is 5.91 Å². The molecule has 0 bridgehead atoms. The van der Waals surface area contributed by atoms with Crippen LogP contribution in [0, 0.1) is 5.92 Å². The van der Waals surface area contributed by atoms with Crippen molar-refractivity contribution in [3.63, 3.8) is 0 Å². The summed E-state index contributed by atoms with van der Waals surface area (Å²) in [7, 11) is 0. The third kappa shape index (κ3) is 3.67. The van der Waals surface area contributed by atoms with Gasteiger partial charge in [0, 0.05) is 35.4 Å². The van der Waals surface area contributed by atoms with E-state index in [0.717, 1.165) is 27.9 Å². The second-order valence-electron chi connectivity index (χ2n) is 7.99. The molecule has 0 radical (unpaired) electrons. The normalized spacial score (nSPS) is 11.4. The summed E-state index contributed by atoms with van der Waals surface area (Å²) in [5.74, 6) is 0.212. The molecule has 0 fully saturated rings. The van der Waals surface area contributed by atoms with Crippen LogP contribution in [-0.2, 0) is 0 Å². The lowest BCUT2D eigenvalue weighted by atomic mass is 10.1. The van der Waals surface area contributed by atoms with Gasteiger partial charge in [-0.15, -0.1) is 0 Å². The number of anilines is 1. The summed E-state index contributed by atoms with van der Waals surface area (Å²) in [6, 6.07) is 3.97. The maximum Gasteiger partial charge on any atom is 0.252 e. The molecule has 0 aliphatic rings. The Balaban J connectivity index is 1.57. The molecule has 5 aromatic rings. The van der Waals surface area contributed by atoms with E-state index in [2.05, 4.69) is 60.9 Å². The molecule has 5 heterocycles. The van der Waals surface area contributed by atoms with E-state index in [4.69, 9.17) is 5.73 Å². The fourth-order valence-electron chi connectivity index (χ4n) is 3.47. The number of amides is 1. The van der Waals surface area contributed by atoms with Crippen molar-refractivity contribution < 1.29 is 4.79 Å². The molecule has 0 unspecified atom stereocenters. The molecule has 0 spiro atoms. The van der Waals surface area contributed by atoms with Gasteiger partial charge in [0.2, 0.25) is 0 Å². The minimum absolute atomic E-state index is 0.246. The summed E-state index contributed by atoms with van der Waals surface area (Å²) in [6.07, 6.45) is 8.28. The molecule has 0 aliphatic carbocycles. The monoisotopic (exact) mass is 439 g/mol. The van der Waals surface area contributed by atoms with E-state index in [1.807, 2.05) is 12.1 Å². The van der Waals surface area contributed by atoms with Crippen molar-refractivity contribution in [1.82, 2.24) is 35.1 Å². The number of pyridine rings is 3. The lowest BCUT2D eigenvalue weighted by Crippen LogP contribution is -2.11. The molecule has 5 N–H and O–H groups in total. The van der Waals surface area contributed by atoms with Gasteiger partial charge in [-0.05, 0) is 18.1 Å². The second-order valence-corrected chi connectivity index (χ2v) is 7.99. The number of nitrogens with zero attached hydrogens (tertiary/aromatic N) is 5. The number of aromatic amines is 2. The van der Waals surface area contributed by atoms with Gasteiger partial charge in [-0.1, -0.05) is 20.4 Å². The molecule has 33 heavy (non-hydrogen) atoms. The minimum atomic E-state index is -0.592. The Kier molecular flexibility index (Phi) is 4.82. The van der Waals surface area contributed by atoms with Gasteiger partial charge in [0.15, 0.2) is 11.5 Å². The number of rotatable bonds is 6. The van der Waals surface area contributed by atoms with Crippen LogP contribution in [0.1, 0.15) is 24.2 Å². The van der Waals surface area contributed by atoms with E-state index in [0.29, 0.717) is 34.1 Å². The Morgan fingerprint density at radius 3 is 2.67 bits per heavy atom.